The average Bonchev–Trinajstić information content (AvgIpc) is 3.31. The Morgan fingerprint density at radius 1 is 1.04 bits per heavy atom. The van der Waals surface area contributed by atoms with E-state index in [1.165, 1.54) is 28.1 Å². The summed E-state index contributed by atoms with van der Waals surface area (Å²) in [5.74, 6) is 0. The zero-order chi connectivity index (χ0) is 17.2. The molecule has 3 heteroatoms. The fourth-order valence-corrected chi connectivity index (χ4v) is 3.44. The molecule has 2 heterocycles. The minimum absolute atomic E-state index is 0.0158. The molecule has 25 heavy (non-hydrogen) atoms. The van der Waals surface area contributed by atoms with Gasteiger partial charge >= 0.3 is 0 Å². The summed E-state index contributed by atoms with van der Waals surface area (Å²) in [6.45, 7) is 5.99. The summed E-state index contributed by atoms with van der Waals surface area (Å²) in [6.07, 6.45) is 5.35. The van der Waals surface area contributed by atoms with Crippen LogP contribution in [0.3, 0.4) is 0 Å². The molecular weight excluding hydrogens is 308 g/mol. The fraction of sp³-hybridized carbons (Fsp3) is 0.273. The first kappa shape index (κ1) is 16.0. The summed E-state index contributed by atoms with van der Waals surface area (Å²) in [4.78, 5) is 2.34. The van der Waals surface area contributed by atoms with E-state index < -0.39 is 0 Å². The Balaban J connectivity index is 1.60. The SMILES string of the molecule is CCc1ccc(-n2ccc([C@H]3OCCN3c3cccc(C)c3)c2)cc1. The summed E-state index contributed by atoms with van der Waals surface area (Å²) in [5, 5.41) is 0. The van der Waals surface area contributed by atoms with E-state index in [4.69, 9.17) is 4.74 Å². The molecular formula is C22H24N2O. The van der Waals surface area contributed by atoms with Crippen molar-refractivity contribution >= 4 is 5.69 Å². The summed E-state index contributed by atoms with van der Waals surface area (Å²) in [7, 11) is 0. The summed E-state index contributed by atoms with van der Waals surface area (Å²) < 4.78 is 8.22. The van der Waals surface area contributed by atoms with Crippen molar-refractivity contribution in [3.8, 4) is 5.69 Å². The second-order valence-electron chi connectivity index (χ2n) is 6.63. The van der Waals surface area contributed by atoms with Crippen LogP contribution in [0.15, 0.2) is 67.0 Å². The molecule has 3 aromatic rings. The molecule has 1 aromatic heterocycles. The van der Waals surface area contributed by atoms with Crippen LogP contribution in [-0.4, -0.2) is 17.7 Å². The fourth-order valence-electron chi connectivity index (χ4n) is 3.44. The molecule has 0 amide bonds. The first-order valence-corrected chi connectivity index (χ1v) is 8.97. The zero-order valence-electron chi connectivity index (χ0n) is 14.9. The average molecular weight is 332 g/mol. The van der Waals surface area contributed by atoms with Gasteiger partial charge in [0.15, 0.2) is 6.23 Å². The molecule has 1 saturated heterocycles. The van der Waals surface area contributed by atoms with Crippen LogP contribution in [0, 0.1) is 6.92 Å². The first-order valence-electron chi connectivity index (χ1n) is 8.97. The Morgan fingerprint density at radius 2 is 1.88 bits per heavy atom. The lowest BCUT2D eigenvalue weighted by atomic mass is 10.1. The lowest BCUT2D eigenvalue weighted by Gasteiger charge is -2.25. The van der Waals surface area contributed by atoms with Gasteiger partial charge in [0.05, 0.1) is 6.61 Å². The number of anilines is 1. The molecule has 2 aromatic carbocycles. The van der Waals surface area contributed by atoms with Gasteiger partial charge in [0, 0.05) is 35.9 Å². The third-order valence-corrected chi connectivity index (χ3v) is 4.87. The third kappa shape index (κ3) is 3.20. The monoisotopic (exact) mass is 332 g/mol. The zero-order valence-corrected chi connectivity index (χ0v) is 14.9. The van der Waals surface area contributed by atoms with Crippen LogP contribution < -0.4 is 4.90 Å². The number of hydrogen-bond donors (Lipinski definition) is 0. The summed E-state index contributed by atoms with van der Waals surface area (Å²) in [5.41, 5.74) is 6.24. The quantitative estimate of drug-likeness (QED) is 0.677. The minimum atomic E-state index is -0.0158. The van der Waals surface area contributed by atoms with Crippen LogP contribution in [0.5, 0.6) is 0 Å². The molecule has 1 aliphatic rings. The molecule has 0 bridgehead atoms. The Kier molecular flexibility index (Phi) is 4.33. The van der Waals surface area contributed by atoms with Crippen molar-refractivity contribution < 1.29 is 4.74 Å². The Bertz CT molecular complexity index is 850. The highest BCUT2D eigenvalue weighted by molar-refractivity contribution is 5.51. The van der Waals surface area contributed by atoms with E-state index in [-0.39, 0.29) is 6.23 Å². The van der Waals surface area contributed by atoms with E-state index >= 15 is 0 Å². The maximum absolute atomic E-state index is 6.04. The topological polar surface area (TPSA) is 17.4 Å². The van der Waals surface area contributed by atoms with Crippen LogP contribution in [0.1, 0.15) is 29.8 Å². The molecule has 0 saturated carbocycles. The highest BCUT2D eigenvalue weighted by atomic mass is 16.5. The van der Waals surface area contributed by atoms with Crippen LogP contribution in [0.2, 0.25) is 0 Å². The van der Waals surface area contributed by atoms with Crippen LogP contribution in [0.4, 0.5) is 5.69 Å². The van der Waals surface area contributed by atoms with E-state index in [0.717, 1.165) is 19.6 Å². The van der Waals surface area contributed by atoms with E-state index in [2.05, 4.69) is 90.3 Å². The molecule has 0 unspecified atom stereocenters. The van der Waals surface area contributed by atoms with Gasteiger partial charge in [0.2, 0.25) is 0 Å². The second kappa shape index (κ2) is 6.77. The van der Waals surface area contributed by atoms with Crippen molar-refractivity contribution in [2.24, 2.45) is 0 Å². The largest absolute Gasteiger partial charge is 0.352 e. The van der Waals surface area contributed by atoms with E-state index in [1.54, 1.807) is 0 Å². The van der Waals surface area contributed by atoms with Gasteiger partial charge in [-0.05, 0) is 54.8 Å². The highest BCUT2D eigenvalue weighted by Crippen LogP contribution is 2.33. The van der Waals surface area contributed by atoms with E-state index in [1.807, 2.05) is 0 Å². The van der Waals surface area contributed by atoms with E-state index in [0.29, 0.717) is 0 Å². The molecule has 3 nitrogen and oxygen atoms in total. The maximum atomic E-state index is 6.04. The molecule has 1 atom stereocenters. The molecule has 0 spiro atoms. The lowest BCUT2D eigenvalue weighted by Crippen LogP contribution is -2.23. The molecule has 0 aliphatic carbocycles. The number of aromatic nitrogens is 1. The Labute approximate surface area is 149 Å². The van der Waals surface area contributed by atoms with Gasteiger partial charge in [-0.1, -0.05) is 31.2 Å². The first-order chi connectivity index (χ1) is 12.2. The Morgan fingerprint density at radius 3 is 2.64 bits per heavy atom. The standard InChI is InChI=1S/C22H24N2O/c1-3-18-7-9-20(10-8-18)23-12-11-19(16-23)22-24(13-14-25-22)21-6-4-5-17(2)15-21/h4-12,15-16,22H,3,13-14H2,1-2H3/t22-/m1/s1. The lowest BCUT2D eigenvalue weighted by molar-refractivity contribution is 0.114. The van der Waals surface area contributed by atoms with Gasteiger partial charge in [-0.3, -0.25) is 0 Å². The molecule has 128 valence electrons. The molecule has 0 N–H and O–H groups in total. The number of hydrogen-bond acceptors (Lipinski definition) is 2. The van der Waals surface area contributed by atoms with Crippen molar-refractivity contribution in [2.45, 2.75) is 26.5 Å². The van der Waals surface area contributed by atoms with Gasteiger partial charge in [-0.2, -0.15) is 0 Å². The number of nitrogens with zero attached hydrogens (tertiary/aromatic N) is 2. The number of rotatable bonds is 4. The number of ether oxygens (including phenoxy) is 1. The summed E-state index contributed by atoms with van der Waals surface area (Å²) in [6, 6.07) is 19.5. The van der Waals surface area contributed by atoms with Crippen LogP contribution in [-0.2, 0) is 11.2 Å². The molecule has 1 aliphatic heterocycles. The van der Waals surface area contributed by atoms with Gasteiger partial charge in [-0.25, -0.2) is 0 Å². The molecule has 0 radical (unpaired) electrons. The van der Waals surface area contributed by atoms with Crippen LogP contribution in [0.25, 0.3) is 5.69 Å². The Hall–Kier alpha value is -2.52. The smallest absolute Gasteiger partial charge is 0.158 e. The predicted octanol–water partition coefficient (Wildman–Crippen LogP) is 4.88. The molecule has 1 fully saturated rings. The van der Waals surface area contributed by atoms with Crippen LogP contribution >= 0.6 is 0 Å². The maximum Gasteiger partial charge on any atom is 0.158 e. The number of benzene rings is 2. The highest BCUT2D eigenvalue weighted by Gasteiger charge is 2.27. The third-order valence-electron chi connectivity index (χ3n) is 4.87. The summed E-state index contributed by atoms with van der Waals surface area (Å²) >= 11 is 0. The van der Waals surface area contributed by atoms with Gasteiger partial charge < -0.3 is 14.2 Å². The second-order valence-corrected chi connectivity index (χ2v) is 6.63. The van der Waals surface area contributed by atoms with Crippen molar-refractivity contribution in [2.75, 3.05) is 18.1 Å². The van der Waals surface area contributed by atoms with Gasteiger partial charge in [0.25, 0.3) is 0 Å². The number of aryl methyl sites for hydroxylation is 2. The van der Waals surface area contributed by atoms with Crippen molar-refractivity contribution in [3.63, 3.8) is 0 Å². The van der Waals surface area contributed by atoms with Crippen molar-refractivity contribution in [1.29, 1.82) is 0 Å². The van der Waals surface area contributed by atoms with Crippen molar-refractivity contribution in [3.05, 3.63) is 83.7 Å². The van der Waals surface area contributed by atoms with Crippen molar-refractivity contribution in [1.82, 2.24) is 4.57 Å². The van der Waals surface area contributed by atoms with E-state index in [9.17, 15) is 0 Å². The van der Waals surface area contributed by atoms with Gasteiger partial charge in [-0.15, -0.1) is 0 Å². The normalized spacial score (nSPS) is 17.2. The predicted molar refractivity (Wildman–Crippen MR) is 102 cm³/mol. The van der Waals surface area contributed by atoms with Gasteiger partial charge in [0.1, 0.15) is 0 Å². The minimum Gasteiger partial charge on any atom is -0.352 e. The molecule has 4 rings (SSSR count).